The number of hydrogen-bond acceptors (Lipinski definition) is 4. The summed E-state index contributed by atoms with van der Waals surface area (Å²) in [7, 11) is 1.60. The van der Waals surface area contributed by atoms with Crippen LogP contribution in [0.2, 0.25) is 0 Å². The van der Waals surface area contributed by atoms with Crippen LogP contribution >= 0.6 is 0 Å². The van der Waals surface area contributed by atoms with E-state index in [0.29, 0.717) is 23.8 Å². The molecule has 0 unspecified atom stereocenters. The average Bonchev–Trinajstić information content (AvgIpc) is 3.30. The van der Waals surface area contributed by atoms with E-state index in [1.54, 1.807) is 25.5 Å². The highest BCUT2D eigenvalue weighted by Gasteiger charge is 2.16. The Bertz CT molecular complexity index is 1590. The maximum absolute atomic E-state index is 12.8. The van der Waals surface area contributed by atoms with Crippen LogP contribution in [0.5, 0.6) is 11.5 Å². The predicted octanol–water partition coefficient (Wildman–Crippen LogP) is 7.70. The number of carbonyl (C=O) groups is 1. The van der Waals surface area contributed by atoms with Crippen LogP contribution in [-0.2, 0) is 4.79 Å². The van der Waals surface area contributed by atoms with E-state index in [1.807, 2.05) is 56.3 Å². The van der Waals surface area contributed by atoms with E-state index in [1.165, 1.54) is 5.39 Å². The largest absolute Gasteiger partial charge is 0.497 e. The molecule has 1 amide bonds. The lowest BCUT2D eigenvalue weighted by atomic mass is 9.96. The minimum Gasteiger partial charge on any atom is -0.497 e. The fourth-order valence-corrected chi connectivity index (χ4v) is 4.46. The van der Waals surface area contributed by atoms with Crippen molar-refractivity contribution < 1.29 is 18.7 Å². The molecule has 0 saturated heterocycles. The maximum Gasteiger partial charge on any atom is 0.248 e. The molecule has 0 fully saturated rings. The molecule has 4 aromatic carbocycles. The number of anilines is 1. The molecule has 5 aromatic rings. The lowest BCUT2D eigenvalue weighted by Crippen LogP contribution is -2.08. The molecular weight excluding hydrogens is 450 g/mol. The first-order chi connectivity index (χ1) is 17.6. The highest BCUT2D eigenvalue weighted by atomic mass is 16.5. The number of hydrogen-bond donors (Lipinski definition) is 1. The van der Waals surface area contributed by atoms with E-state index in [9.17, 15) is 4.79 Å². The van der Waals surface area contributed by atoms with Gasteiger partial charge in [-0.2, -0.15) is 0 Å². The number of fused-ring (bicyclic) bond motifs is 2. The van der Waals surface area contributed by atoms with Crippen molar-refractivity contribution >= 4 is 38.9 Å². The van der Waals surface area contributed by atoms with Crippen LogP contribution in [0.1, 0.15) is 19.4 Å². The Balaban J connectivity index is 1.56. The van der Waals surface area contributed by atoms with Gasteiger partial charge in [-0.3, -0.25) is 4.79 Å². The van der Waals surface area contributed by atoms with Crippen molar-refractivity contribution in [2.45, 2.75) is 13.8 Å². The van der Waals surface area contributed by atoms with Gasteiger partial charge in [0.2, 0.25) is 5.91 Å². The third-order valence-corrected chi connectivity index (χ3v) is 6.17. The van der Waals surface area contributed by atoms with Crippen LogP contribution < -0.4 is 14.8 Å². The molecule has 0 radical (unpaired) electrons. The van der Waals surface area contributed by atoms with Crippen molar-refractivity contribution in [1.82, 2.24) is 0 Å². The molecule has 0 aliphatic carbocycles. The molecule has 0 saturated carbocycles. The highest BCUT2D eigenvalue weighted by molar-refractivity contribution is 6.07. The molecule has 5 nitrogen and oxygen atoms in total. The smallest absolute Gasteiger partial charge is 0.248 e. The van der Waals surface area contributed by atoms with Gasteiger partial charge in [-0.25, -0.2) is 0 Å². The predicted molar refractivity (Wildman–Crippen MR) is 146 cm³/mol. The van der Waals surface area contributed by atoms with Crippen molar-refractivity contribution in [3.8, 4) is 22.6 Å². The SMILES string of the molecule is CCOc1cc2occ(-c3cccc4ccccc34)c2cc1/C(C)=C/C(=O)Nc1cccc(OC)c1. The molecule has 1 N–H and O–H groups in total. The van der Waals surface area contributed by atoms with Crippen LogP contribution in [0, 0.1) is 0 Å². The molecule has 0 bridgehead atoms. The summed E-state index contributed by atoms with van der Waals surface area (Å²) in [4.78, 5) is 12.8. The minimum atomic E-state index is -0.232. The Labute approximate surface area is 210 Å². The molecule has 36 heavy (non-hydrogen) atoms. The molecule has 1 aromatic heterocycles. The van der Waals surface area contributed by atoms with Crippen LogP contribution in [0.15, 0.2) is 95.6 Å². The van der Waals surface area contributed by atoms with Crippen molar-refractivity contribution in [2.75, 3.05) is 19.0 Å². The van der Waals surface area contributed by atoms with Crippen molar-refractivity contribution in [3.05, 3.63) is 96.8 Å². The van der Waals surface area contributed by atoms with Gasteiger partial charge in [0.05, 0.1) is 20.0 Å². The molecule has 5 heteroatoms. The van der Waals surface area contributed by atoms with Crippen LogP contribution in [0.25, 0.3) is 38.4 Å². The summed E-state index contributed by atoms with van der Waals surface area (Å²) in [5.41, 5.74) is 5.12. The molecule has 5 rings (SSSR count). The standard InChI is InChI=1S/C31H27NO4/c1-4-35-29-18-30-27(28(19-36-30)25-14-7-10-21-9-5-6-13-24(21)25)17-26(29)20(2)15-31(33)32-22-11-8-12-23(16-22)34-3/h5-19H,4H2,1-3H3,(H,32,33)/b20-15+. The fraction of sp³-hybridized carbons (Fsp3) is 0.129. The zero-order valence-electron chi connectivity index (χ0n) is 20.5. The number of allylic oxidation sites excluding steroid dienone is 1. The van der Waals surface area contributed by atoms with E-state index < -0.39 is 0 Å². The summed E-state index contributed by atoms with van der Waals surface area (Å²) in [6, 6.07) is 25.8. The second-order valence-electron chi connectivity index (χ2n) is 8.50. The topological polar surface area (TPSA) is 60.7 Å². The van der Waals surface area contributed by atoms with Crippen LogP contribution in [0.4, 0.5) is 5.69 Å². The molecular formula is C31H27NO4. The number of nitrogens with one attached hydrogen (secondary N) is 1. The lowest BCUT2D eigenvalue weighted by molar-refractivity contribution is -0.111. The van der Waals surface area contributed by atoms with Gasteiger partial charge in [0, 0.05) is 40.4 Å². The average molecular weight is 478 g/mol. The van der Waals surface area contributed by atoms with E-state index >= 15 is 0 Å². The summed E-state index contributed by atoms with van der Waals surface area (Å²) in [6.07, 6.45) is 3.38. The highest BCUT2D eigenvalue weighted by Crippen LogP contribution is 2.39. The Hall–Kier alpha value is -4.51. The molecule has 0 aliphatic heterocycles. The number of benzene rings is 4. The van der Waals surface area contributed by atoms with Gasteiger partial charge in [0.1, 0.15) is 17.1 Å². The van der Waals surface area contributed by atoms with Gasteiger partial charge >= 0.3 is 0 Å². The van der Waals surface area contributed by atoms with Gasteiger partial charge in [-0.1, -0.05) is 48.5 Å². The molecule has 0 spiro atoms. The molecule has 1 heterocycles. The number of furan rings is 1. The van der Waals surface area contributed by atoms with E-state index in [-0.39, 0.29) is 5.91 Å². The summed E-state index contributed by atoms with van der Waals surface area (Å²) in [5, 5.41) is 6.19. The third-order valence-electron chi connectivity index (χ3n) is 6.17. The van der Waals surface area contributed by atoms with Gasteiger partial charge in [-0.05, 0) is 54.0 Å². The van der Waals surface area contributed by atoms with E-state index in [4.69, 9.17) is 13.9 Å². The summed E-state index contributed by atoms with van der Waals surface area (Å²) in [6.45, 7) is 4.34. The number of methoxy groups -OCH3 is 1. The van der Waals surface area contributed by atoms with Crippen LogP contribution in [0.3, 0.4) is 0 Å². The maximum atomic E-state index is 12.8. The minimum absolute atomic E-state index is 0.232. The van der Waals surface area contributed by atoms with Crippen molar-refractivity contribution in [1.29, 1.82) is 0 Å². The quantitative estimate of drug-likeness (QED) is 0.244. The molecule has 0 aliphatic rings. The number of amides is 1. The third kappa shape index (κ3) is 4.56. The van der Waals surface area contributed by atoms with Gasteiger partial charge in [-0.15, -0.1) is 0 Å². The Morgan fingerprint density at radius 1 is 0.944 bits per heavy atom. The zero-order chi connectivity index (χ0) is 25.1. The number of ether oxygens (including phenoxy) is 2. The van der Waals surface area contributed by atoms with Crippen molar-refractivity contribution in [3.63, 3.8) is 0 Å². The lowest BCUT2D eigenvalue weighted by Gasteiger charge is -2.12. The Morgan fingerprint density at radius 2 is 1.75 bits per heavy atom. The summed E-state index contributed by atoms with van der Waals surface area (Å²) >= 11 is 0. The van der Waals surface area contributed by atoms with Crippen molar-refractivity contribution in [2.24, 2.45) is 0 Å². The first-order valence-corrected chi connectivity index (χ1v) is 11.9. The monoisotopic (exact) mass is 477 g/mol. The Morgan fingerprint density at radius 3 is 2.58 bits per heavy atom. The Kier molecular flexibility index (Phi) is 6.46. The molecule has 0 atom stereocenters. The first-order valence-electron chi connectivity index (χ1n) is 11.9. The molecule has 180 valence electrons. The van der Waals surface area contributed by atoms with Gasteiger partial charge < -0.3 is 19.2 Å². The van der Waals surface area contributed by atoms with E-state index in [2.05, 4.69) is 35.6 Å². The van der Waals surface area contributed by atoms with E-state index in [0.717, 1.165) is 38.6 Å². The first kappa shape index (κ1) is 23.2. The normalized spacial score (nSPS) is 11.6. The summed E-state index contributed by atoms with van der Waals surface area (Å²) < 4.78 is 17.1. The number of rotatable bonds is 7. The zero-order valence-corrected chi connectivity index (χ0v) is 20.5. The second-order valence-corrected chi connectivity index (χ2v) is 8.50. The van der Waals surface area contributed by atoms with Gasteiger partial charge in [0.25, 0.3) is 0 Å². The second kappa shape index (κ2) is 10.0. The van der Waals surface area contributed by atoms with Gasteiger partial charge in [0.15, 0.2) is 0 Å². The summed E-state index contributed by atoms with van der Waals surface area (Å²) in [5.74, 6) is 1.12. The fourth-order valence-electron chi connectivity index (χ4n) is 4.46. The van der Waals surface area contributed by atoms with Crippen LogP contribution in [-0.4, -0.2) is 19.6 Å². The number of carbonyl (C=O) groups excluding carboxylic acids is 1.